The molecule has 4 nitrogen and oxygen atoms in total. The summed E-state index contributed by atoms with van der Waals surface area (Å²) in [7, 11) is 0. The van der Waals surface area contributed by atoms with Gasteiger partial charge in [0.2, 0.25) is 0 Å². The number of carbonyl (C=O) groups is 1. The molecule has 0 amide bonds. The second kappa shape index (κ2) is 15.1. The Morgan fingerprint density at radius 3 is 1.60 bits per heavy atom. The third-order valence-electron chi connectivity index (χ3n) is 8.38. The fraction of sp³-hybridized carbons (Fsp3) is 0.447. The summed E-state index contributed by atoms with van der Waals surface area (Å²) in [5, 5.41) is 4.58. The highest BCUT2D eigenvalue weighted by molar-refractivity contribution is 6.09. The van der Waals surface area contributed by atoms with E-state index in [9.17, 15) is 4.79 Å². The molecule has 0 aromatic heterocycles. The molecular weight excluding hydrogens is 520 g/mol. The van der Waals surface area contributed by atoms with Crippen molar-refractivity contribution in [1.29, 1.82) is 0 Å². The van der Waals surface area contributed by atoms with Crippen LogP contribution in [0.25, 0.3) is 32.7 Å². The van der Waals surface area contributed by atoms with Gasteiger partial charge < -0.3 is 14.2 Å². The quantitative estimate of drug-likeness (QED) is 0.231. The molecule has 0 unspecified atom stereocenters. The number of ether oxygens (including phenoxy) is 3. The Morgan fingerprint density at radius 1 is 0.667 bits per heavy atom. The van der Waals surface area contributed by atoms with Crippen LogP contribution >= 0.6 is 0 Å². The molecule has 4 aromatic carbocycles. The summed E-state index contributed by atoms with van der Waals surface area (Å²) in [5.41, 5.74) is 2.10. The third-order valence-corrected chi connectivity index (χ3v) is 8.38. The lowest BCUT2D eigenvalue weighted by Gasteiger charge is -2.18. The predicted molar refractivity (Wildman–Crippen MR) is 173 cm³/mol. The fourth-order valence-electron chi connectivity index (χ4n) is 6.18. The topological polar surface area (TPSA) is 44.8 Å². The molecule has 222 valence electrons. The minimum Gasteiger partial charge on any atom is -0.492 e. The van der Waals surface area contributed by atoms with E-state index >= 15 is 0 Å². The normalized spacial score (nSPS) is 16.7. The standard InChI is InChI=1S/C30H28O4.C5H10.C3H8/c31-30(23-9-1-2-10-23)34-19-20-17-32-26-15-13-21-7-3-5-11-24(21)28(26)29-25-12-6-4-8-22(25)14-16-27(29)33-18-20;1-2-4-5-3-1;1-3-2/h3-8,11-16,20,23H,1-2,9-10,17-19H2;1-5H2;3H2,1-2H3. The van der Waals surface area contributed by atoms with Gasteiger partial charge in [-0.05, 0) is 46.5 Å². The molecule has 42 heavy (non-hydrogen) atoms. The molecule has 0 N–H and O–H groups in total. The Hall–Kier alpha value is -3.53. The van der Waals surface area contributed by atoms with Crippen LogP contribution in [0.1, 0.15) is 78.1 Å². The van der Waals surface area contributed by atoms with Crippen molar-refractivity contribution >= 4 is 27.5 Å². The Labute approximate surface area is 251 Å². The highest BCUT2D eigenvalue weighted by atomic mass is 16.5. The summed E-state index contributed by atoms with van der Waals surface area (Å²) < 4.78 is 18.6. The molecule has 7 rings (SSSR count). The molecule has 0 spiro atoms. The van der Waals surface area contributed by atoms with Crippen molar-refractivity contribution in [2.75, 3.05) is 19.8 Å². The molecule has 2 aliphatic carbocycles. The van der Waals surface area contributed by atoms with E-state index < -0.39 is 0 Å². The van der Waals surface area contributed by atoms with Crippen LogP contribution in [0.5, 0.6) is 11.5 Å². The van der Waals surface area contributed by atoms with Gasteiger partial charge in [0.05, 0.1) is 25.0 Å². The molecular formula is C38H46O4. The first-order valence-electron chi connectivity index (χ1n) is 16.2. The van der Waals surface area contributed by atoms with Crippen molar-refractivity contribution in [3.63, 3.8) is 0 Å². The maximum atomic E-state index is 12.5. The van der Waals surface area contributed by atoms with E-state index in [-0.39, 0.29) is 17.8 Å². The number of benzene rings is 4. The summed E-state index contributed by atoms with van der Waals surface area (Å²) in [6, 6.07) is 25.1. The van der Waals surface area contributed by atoms with Crippen molar-refractivity contribution in [3.8, 4) is 22.6 Å². The van der Waals surface area contributed by atoms with Crippen molar-refractivity contribution < 1.29 is 19.0 Å². The Kier molecular flexibility index (Phi) is 10.8. The second-order valence-electron chi connectivity index (χ2n) is 11.9. The highest BCUT2D eigenvalue weighted by Gasteiger charge is 2.27. The predicted octanol–water partition coefficient (Wildman–Crippen LogP) is 10.1. The zero-order chi connectivity index (χ0) is 29.1. The molecule has 2 fully saturated rings. The van der Waals surface area contributed by atoms with Crippen LogP contribution in [0.2, 0.25) is 0 Å². The van der Waals surface area contributed by atoms with E-state index in [1.165, 1.54) is 38.5 Å². The first kappa shape index (κ1) is 29.9. The van der Waals surface area contributed by atoms with E-state index in [1.807, 2.05) is 0 Å². The average Bonchev–Trinajstić information content (AvgIpc) is 3.79. The molecule has 0 radical (unpaired) electrons. The van der Waals surface area contributed by atoms with Gasteiger partial charge in [0, 0.05) is 11.1 Å². The highest BCUT2D eigenvalue weighted by Crippen LogP contribution is 2.46. The summed E-state index contributed by atoms with van der Waals surface area (Å²) in [6.07, 6.45) is 12.9. The fourth-order valence-corrected chi connectivity index (χ4v) is 6.18. The van der Waals surface area contributed by atoms with E-state index in [4.69, 9.17) is 14.2 Å². The van der Waals surface area contributed by atoms with Crippen molar-refractivity contribution in [1.82, 2.24) is 0 Å². The van der Waals surface area contributed by atoms with Crippen LogP contribution in [0, 0.1) is 11.8 Å². The van der Waals surface area contributed by atoms with Gasteiger partial charge in [0.1, 0.15) is 18.1 Å². The van der Waals surface area contributed by atoms with Crippen LogP contribution in [-0.4, -0.2) is 25.8 Å². The lowest BCUT2D eigenvalue weighted by Crippen LogP contribution is -2.27. The Morgan fingerprint density at radius 2 is 1.12 bits per heavy atom. The van der Waals surface area contributed by atoms with Gasteiger partial charge in [-0.2, -0.15) is 0 Å². The van der Waals surface area contributed by atoms with Gasteiger partial charge in [-0.15, -0.1) is 0 Å². The van der Waals surface area contributed by atoms with Crippen LogP contribution in [0.15, 0.2) is 72.8 Å². The van der Waals surface area contributed by atoms with E-state index in [2.05, 4.69) is 86.6 Å². The summed E-state index contributed by atoms with van der Waals surface area (Å²) in [5.74, 6) is 1.58. The van der Waals surface area contributed by atoms with Crippen LogP contribution in [0.4, 0.5) is 0 Å². The van der Waals surface area contributed by atoms with Crippen LogP contribution in [-0.2, 0) is 9.53 Å². The first-order valence-corrected chi connectivity index (χ1v) is 16.2. The smallest absolute Gasteiger partial charge is 0.308 e. The summed E-state index contributed by atoms with van der Waals surface area (Å²) in [4.78, 5) is 12.5. The van der Waals surface area contributed by atoms with Gasteiger partial charge >= 0.3 is 5.97 Å². The van der Waals surface area contributed by atoms with Gasteiger partial charge in [-0.1, -0.05) is 126 Å². The van der Waals surface area contributed by atoms with Gasteiger partial charge in [0.15, 0.2) is 0 Å². The number of esters is 1. The monoisotopic (exact) mass is 566 g/mol. The SMILES string of the molecule is C1CCCC1.CCC.O=C(OCC1COc2ccc3ccccc3c2-c2c(ccc3ccccc23)OC1)C1CCCC1. The molecule has 1 heterocycles. The van der Waals surface area contributed by atoms with Crippen molar-refractivity contribution in [3.05, 3.63) is 72.8 Å². The Bertz CT molecular complexity index is 1350. The first-order chi connectivity index (χ1) is 20.7. The van der Waals surface area contributed by atoms with Gasteiger partial charge in [0.25, 0.3) is 0 Å². The van der Waals surface area contributed by atoms with E-state index in [0.29, 0.717) is 19.8 Å². The molecule has 2 saturated carbocycles. The summed E-state index contributed by atoms with van der Waals surface area (Å²) >= 11 is 0. The molecule has 0 atom stereocenters. The minimum absolute atomic E-state index is 0.0531. The second-order valence-corrected chi connectivity index (χ2v) is 11.9. The van der Waals surface area contributed by atoms with Crippen LogP contribution < -0.4 is 9.47 Å². The van der Waals surface area contributed by atoms with E-state index in [0.717, 1.165) is 69.9 Å². The average molecular weight is 567 g/mol. The Balaban J connectivity index is 0.000000388. The molecule has 4 aromatic rings. The third kappa shape index (κ3) is 7.27. The maximum absolute atomic E-state index is 12.5. The zero-order valence-electron chi connectivity index (χ0n) is 25.4. The zero-order valence-corrected chi connectivity index (χ0v) is 25.4. The minimum atomic E-state index is -0.0739. The molecule has 4 heteroatoms. The van der Waals surface area contributed by atoms with Crippen LogP contribution in [0.3, 0.4) is 0 Å². The maximum Gasteiger partial charge on any atom is 0.308 e. The van der Waals surface area contributed by atoms with E-state index in [1.54, 1.807) is 0 Å². The largest absolute Gasteiger partial charge is 0.492 e. The molecule has 1 aliphatic heterocycles. The molecule has 0 saturated heterocycles. The van der Waals surface area contributed by atoms with Gasteiger partial charge in [-0.25, -0.2) is 0 Å². The molecule has 3 aliphatic rings. The van der Waals surface area contributed by atoms with Crippen molar-refractivity contribution in [2.24, 2.45) is 11.8 Å². The molecule has 0 bridgehead atoms. The lowest BCUT2D eigenvalue weighted by atomic mass is 9.92. The summed E-state index contributed by atoms with van der Waals surface area (Å²) in [6.45, 7) is 5.41. The van der Waals surface area contributed by atoms with Gasteiger partial charge in [-0.3, -0.25) is 4.79 Å². The van der Waals surface area contributed by atoms with Crippen molar-refractivity contribution in [2.45, 2.75) is 78.1 Å². The number of hydrogen-bond donors (Lipinski definition) is 0. The lowest BCUT2D eigenvalue weighted by molar-refractivity contribution is -0.150. The number of rotatable bonds is 3. The number of hydrogen-bond acceptors (Lipinski definition) is 4. The number of fused-ring (bicyclic) bond motifs is 7. The number of carbonyl (C=O) groups excluding carboxylic acids is 1.